The molecule has 0 unspecified atom stereocenters. The normalized spacial score (nSPS) is 15.4. The maximum Gasteiger partial charge on any atom is 0.149 e. The fourth-order valence-electron chi connectivity index (χ4n) is 3.97. The molecule has 0 N–H and O–H groups in total. The molecule has 1 aliphatic rings. The lowest BCUT2D eigenvalue weighted by Gasteiger charge is -2.41. The number of fused-ring (bicyclic) bond motifs is 2. The molecule has 2 heterocycles. The molecule has 1 aromatic heterocycles. The lowest BCUT2D eigenvalue weighted by atomic mass is 9.90. The van der Waals surface area contributed by atoms with Gasteiger partial charge >= 0.3 is 0 Å². The fourth-order valence-corrected chi connectivity index (χ4v) is 3.97. The zero-order valence-electron chi connectivity index (χ0n) is 17.1. The first kappa shape index (κ1) is 18.4. The molecule has 0 fully saturated rings. The Morgan fingerprint density at radius 3 is 2.50 bits per heavy atom. The first-order chi connectivity index (χ1) is 13.3. The third kappa shape index (κ3) is 2.57. The van der Waals surface area contributed by atoms with Crippen LogP contribution in [0.4, 0.5) is 10.1 Å². The first-order valence-corrected chi connectivity index (χ1v) is 9.32. The number of para-hydroxylation sites is 1. The minimum atomic E-state index is -0.442. The highest BCUT2D eigenvalue weighted by atomic mass is 19.1. The second-order valence-corrected chi connectivity index (χ2v) is 7.74. The lowest BCUT2D eigenvalue weighted by molar-refractivity contribution is 0.410. The molecule has 0 aliphatic carbocycles. The summed E-state index contributed by atoms with van der Waals surface area (Å²) >= 11 is 0. The highest BCUT2D eigenvalue weighted by Crippen LogP contribution is 2.41. The lowest BCUT2D eigenvalue weighted by Crippen LogP contribution is -2.44. The van der Waals surface area contributed by atoms with Gasteiger partial charge in [-0.2, -0.15) is 0 Å². The van der Waals surface area contributed by atoms with Crippen molar-refractivity contribution < 1.29 is 9.13 Å². The van der Waals surface area contributed by atoms with Gasteiger partial charge in [-0.15, -0.1) is 0 Å². The van der Waals surface area contributed by atoms with Crippen molar-refractivity contribution in [2.24, 2.45) is 4.99 Å². The summed E-state index contributed by atoms with van der Waals surface area (Å²) < 4.78 is 19.7. The van der Waals surface area contributed by atoms with Crippen molar-refractivity contribution in [3.05, 3.63) is 64.6 Å². The van der Waals surface area contributed by atoms with Crippen molar-refractivity contribution in [2.45, 2.75) is 33.4 Å². The van der Waals surface area contributed by atoms with Crippen LogP contribution >= 0.6 is 0 Å². The number of rotatable bonds is 2. The number of aromatic nitrogens is 1. The second kappa shape index (κ2) is 6.30. The zero-order valence-corrected chi connectivity index (χ0v) is 17.1. The number of hydrogen-bond donors (Lipinski definition) is 0. The van der Waals surface area contributed by atoms with E-state index in [-0.39, 0.29) is 5.82 Å². The molecule has 5 heteroatoms. The van der Waals surface area contributed by atoms with Gasteiger partial charge in [0.25, 0.3) is 0 Å². The molecule has 0 radical (unpaired) electrons. The Morgan fingerprint density at radius 2 is 1.79 bits per heavy atom. The van der Waals surface area contributed by atoms with Gasteiger partial charge in [0.15, 0.2) is 0 Å². The Labute approximate surface area is 164 Å². The van der Waals surface area contributed by atoms with E-state index in [9.17, 15) is 4.39 Å². The van der Waals surface area contributed by atoms with Gasteiger partial charge in [0.1, 0.15) is 22.7 Å². The van der Waals surface area contributed by atoms with Crippen molar-refractivity contribution in [1.82, 2.24) is 4.98 Å². The number of aliphatic imine (C=N–C) groups is 1. The van der Waals surface area contributed by atoms with Crippen LogP contribution in [0.5, 0.6) is 5.75 Å². The number of pyridine rings is 1. The Balaban J connectivity index is 2.02. The second-order valence-electron chi connectivity index (χ2n) is 7.74. The maximum atomic E-state index is 14.2. The van der Waals surface area contributed by atoms with E-state index in [0.29, 0.717) is 5.52 Å². The van der Waals surface area contributed by atoms with E-state index in [2.05, 4.69) is 30.7 Å². The maximum absolute atomic E-state index is 14.2. The molecular formula is C23H24FN3O. The van der Waals surface area contributed by atoms with Gasteiger partial charge in [-0.05, 0) is 51.5 Å². The molecule has 0 atom stereocenters. The van der Waals surface area contributed by atoms with Crippen LogP contribution in [-0.2, 0) is 0 Å². The van der Waals surface area contributed by atoms with Gasteiger partial charge < -0.3 is 9.64 Å². The molecule has 28 heavy (non-hydrogen) atoms. The van der Waals surface area contributed by atoms with Crippen LogP contribution < -0.4 is 9.64 Å². The molecule has 0 saturated heterocycles. The van der Waals surface area contributed by atoms with Crippen molar-refractivity contribution in [2.75, 3.05) is 19.1 Å². The predicted molar refractivity (Wildman–Crippen MR) is 112 cm³/mol. The minimum absolute atomic E-state index is 0.307. The quantitative estimate of drug-likeness (QED) is 0.629. The topological polar surface area (TPSA) is 37.7 Å². The molecule has 4 rings (SSSR count). The van der Waals surface area contributed by atoms with Crippen molar-refractivity contribution >= 4 is 22.3 Å². The molecule has 144 valence electrons. The SMILES string of the molecule is COc1ccc2c(c1C)N(C)C(C)(C)N=C2c1cnc2c(F)cccc2c1C. The van der Waals surface area contributed by atoms with E-state index in [4.69, 9.17) is 9.73 Å². The summed E-state index contributed by atoms with van der Waals surface area (Å²) in [5.74, 6) is 0.539. The third-order valence-corrected chi connectivity index (χ3v) is 5.77. The van der Waals surface area contributed by atoms with E-state index < -0.39 is 5.66 Å². The summed E-state index contributed by atoms with van der Waals surface area (Å²) in [6.07, 6.45) is 1.74. The number of halogens is 1. The van der Waals surface area contributed by atoms with Crippen LogP contribution in [0.3, 0.4) is 0 Å². The Kier molecular flexibility index (Phi) is 4.14. The number of hydrogen-bond acceptors (Lipinski definition) is 4. The van der Waals surface area contributed by atoms with Gasteiger partial charge in [0.05, 0.1) is 18.5 Å². The van der Waals surface area contributed by atoms with Crippen molar-refractivity contribution in [3.63, 3.8) is 0 Å². The van der Waals surface area contributed by atoms with Crippen LogP contribution in [0.2, 0.25) is 0 Å². The van der Waals surface area contributed by atoms with Crippen LogP contribution in [0.15, 0.2) is 41.5 Å². The molecule has 4 nitrogen and oxygen atoms in total. The van der Waals surface area contributed by atoms with Gasteiger partial charge in [-0.1, -0.05) is 12.1 Å². The van der Waals surface area contributed by atoms with Crippen LogP contribution in [0.1, 0.15) is 36.1 Å². The highest BCUT2D eigenvalue weighted by molar-refractivity contribution is 6.19. The third-order valence-electron chi connectivity index (χ3n) is 5.77. The number of anilines is 1. The predicted octanol–water partition coefficient (Wildman–Crippen LogP) is 5.02. The summed E-state index contributed by atoms with van der Waals surface area (Å²) in [7, 11) is 3.73. The standard InChI is InChI=1S/C23H24FN3O/c1-13-15-8-7-9-18(24)21(15)25-12-17(13)20-16-10-11-19(28-6)14(2)22(16)27(5)23(3,4)26-20/h7-12H,1-6H3. The summed E-state index contributed by atoms with van der Waals surface area (Å²) in [6, 6.07) is 9.08. The Bertz CT molecular complexity index is 1130. The van der Waals surface area contributed by atoms with Gasteiger partial charge in [0.2, 0.25) is 0 Å². The van der Waals surface area contributed by atoms with Crippen LogP contribution in [-0.4, -0.2) is 30.5 Å². The van der Waals surface area contributed by atoms with E-state index in [0.717, 1.165) is 44.8 Å². The molecule has 0 bridgehead atoms. The highest BCUT2D eigenvalue weighted by Gasteiger charge is 2.34. The Morgan fingerprint density at radius 1 is 1.04 bits per heavy atom. The number of benzene rings is 2. The van der Waals surface area contributed by atoms with Gasteiger partial charge in [0, 0.05) is 35.3 Å². The van der Waals surface area contributed by atoms with Crippen molar-refractivity contribution in [3.8, 4) is 5.75 Å². The average molecular weight is 377 g/mol. The molecular weight excluding hydrogens is 353 g/mol. The number of nitrogens with zero attached hydrogens (tertiary/aromatic N) is 3. The molecule has 3 aromatic rings. The Hall–Kier alpha value is -2.95. The van der Waals surface area contributed by atoms with E-state index >= 15 is 0 Å². The smallest absolute Gasteiger partial charge is 0.149 e. The monoisotopic (exact) mass is 377 g/mol. The number of ether oxygens (including phenoxy) is 1. The summed E-state index contributed by atoms with van der Waals surface area (Å²) in [6.45, 7) is 8.23. The molecule has 0 amide bonds. The van der Waals surface area contributed by atoms with Crippen LogP contribution in [0, 0.1) is 19.7 Å². The number of aryl methyl sites for hydroxylation is 1. The minimum Gasteiger partial charge on any atom is -0.496 e. The average Bonchev–Trinajstić information content (AvgIpc) is 2.66. The summed E-state index contributed by atoms with van der Waals surface area (Å²) in [5.41, 5.74) is 5.91. The van der Waals surface area contributed by atoms with E-state index in [1.165, 1.54) is 6.07 Å². The van der Waals surface area contributed by atoms with Crippen molar-refractivity contribution in [1.29, 1.82) is 0 Å². The first-order valence-electron chi connectivity index (χ1n) is 9.32. The summed E-state index contributed by atoms with van der Waals surface area (Å²) in [4.78, 5) is 11.7. The van der Waals surface area contributed by atoms with E-state index in [1.807, 2.05) is 32.2 Å². The van der Waals surface area contributed by atoms with Crippen LogP contribution in [0.25, 0.3) is 10.9 Å². The molecule has 0 spiro atoms. The van der Waals surface area contributed by atoms with E-state index in [1.54, 1.807) is 19.4 Å². The summed E-state index contributed by atoms with van der Waals surface area (Å²) in [5, 5.41) is 0.809. The number of methoxy groups -OCH3 is 1. The zero-order chi connectivity index (χ0) is 20.2. The molecule has 1 aliphatic heterocycles. The molecule has 2 aromatic carbocycles. The van der Waals surface area contributed by atoms with Gasteiger partial charge in [-0.3, -0.25) is 9.98 Å². The molecule has 0 saturated carbocycles. The fraction of sp³-hybridized carbons (Fsp3) is 0.304. The van der Waals surface area contributed by atoms with Gasteiger partial charge in [-0.25, -0.2) is 4.39 Å². The largest absolute Gasteiger partial charge is 0.496 e.